The van der Waals surface area contributed by atoms with Crippen molar-refractivity contribution >= 4 is 17.9 Å². The number of piperidine rings is 3. The van der Waals surface area contributed by atoms with E-state index in [2.05, 4.69) is 20.9 Å². The molecule has 4 aliphatic rings. The number of rotatable bonds is 13. The van der Waals surface area contributed by atoms with E-state index < -0.39 is 24.5 Å². The fourth-order valence-electron chi connectivity index (χ4n) is 7.40. The van der Waals surface area contributed by atoms with Crippen molar-refractivity contribution in [2.75, 3.05) is 38.6 Å². The van der Waals surface area contributed by atoms with E-state index in [4.69, 9.17) is 14.2 Å². The number of aromatic hydroxyl groups is 1. The molecule has 1 amide bonds. The summed E-state index contributed by atoms with van der Waals surface area (Å²) in [5.41, 5.74) is 5.33. The number of methoxy groups -OCH3 is 1. The summed E-state index contributed by atoms with van der Waals surface area (Å²) in [6.07, 6.45) is 3.16. The van der Waals surface area contributed by atoms with Crippen LogP contribution in [0.5, 0.6) is 17.2 Å². The normalized spacial score (nSPS) is 21.4. The number of nitrogens with one attached hydrogen (secondary N) is 3. The molecular weight excluding hydrogens is 660 g/mol. The van der Waals surface area contributed by atoms with Gasteiger partial charge in [0.25, 0.3) is 0 Å². The highest BCUT2D eigenvalue weighted by molar-refractivity contribution is 5.78. The SMILES string of the molecule is COc1cc(COc2cccc([C@@H](NC(=O)O[C@H]3CN4CCC3CC4)c3ccccc3)c2)ccc1CNC[C@H](O)c1ccc(O)c2c1C=CC(O)N2. The van der Waals surface area contributed by atoms with Gasteiger partial charge >= 0.3 is 6.09 Å². The molecule has 0 saturated carbocycles. The van der Waals surface area contributed by atoms with Crippen molar-refractivity contribution in [3.63, 3.8) is 0 Å². The summed E-state index contributed by atoms with van der Waals surface area (Å²) in [6.45, 7) is 3.98. The Morgan fingerprint density at radius 3 is 2.58 bits per heavy atom. The molecule has 4 aromatic rings. The maximum atomic E-state index is 13.2. The van der Waals surface area contributed by atoms with Gasteiger partial charge in [0.15, 0.2) is 0 Å². The molecule has 52 heavy (non-hydrogen) atoms. The topological polar surface area (TPSA) is 145 Å². The number of fused-ring (bicyclic) bond motifs is 4. The zero-order valence-electron chi connectivity index (χ0n) is 29.2. The van der Waals surface area contributed by atoms with E-state index in [0.29, 0.717) is 47.4 Å². The minimum Gasteiger partial charge on any atom is -0.506 e. The first-order valence-corrected chi connectivity index (χ1v) is 17.8. The van der Waals surface area contributed by atoms with E-state index in [0.717, 1.165) is 54.7 Å². The van der Waals surface area contributed by atoms with Crippen LogP contribution in [0.25, 0.3) is 6.08 Å². The molecule has 3 fully saturated rings. The highest BCUT2D eigenvalue weighted by Crippen LogP contribution is 2.37. The second-order valence-corrected chi connectivity index (χ2v) is 13.6. The molecule has 0 radical (unpaired) electrons. The first-order chi connectivity index (χ1) is 25.3. The number of anilines is 1. The van der Waals surface area contributed by atoms with Crippen LogP contribution in [0, 0.1) is 5.92 Å². The summed E-state index contributed by atoms with van der Waals surface area (Å²) in [5.74, 6) is 1.79. The van der Waals surface area contributed by atoms with E-state index in [9.17, 15) is 20.1 Å². The number of nitrogens with zero attached hydrogens (tertiary/aromatic N) is 1. The molecule has 8 rings (SSSR count). The van der Waals surface area contributed by atoms with E-state index >= 15 is 0 Å². The van der Waals surface area contributed by atoms with Gasteiger partial charge in [-0.15, -0.1) is 0 Å². The zero-order chi connectivity index (χ0) is 36.0. The Labute approximate surface area is 303 Å². The molecule has 6 N–H and O–H groups in total. The van der Waals surface area contributed by atoms with Crippen molar-refractivity contribution < 1.29 is 34.3 Å². The molecule has 0 spiro atoms. The zero-order valence-corrected chi connectivity index (χ0v) is 29.2. The number of phenolic OH excluding ortho intramolecular Hbond substituents is 1. The first-order valence-electron chi connectivity index (χ1n) is 17.8. The fraction of sp³-hybridized carbons (Fsp3) is 0.341. The molecule has 4 heterocycles. The second kappa shape index (κ2) is 16.1. The maximum absolute atomic E-state index is 13.2. The van der Waals surface area contributed by atoms with Crippen LogP contribution in [-0.2, 0) is 17.9 Å². The largest absolute Gasteiger partial charge is 0.506 e. The van der Waals surface area contributed by atoms with E-state index in [1.54, 1.807) is 25.3 Å². The van der Waals surface area contributed by atoms with Crippen LogP contribution in [0.3, 0.4) is 0 Å². The van der Waals surface area contributed by atoms with Crippen LogP contribution >= 0.6 is 0 Å². The van der Waals surface area contributed by atoms with Gasteiger partial charge in [-0.1, -0.05) is 66.7 Å². The Morgan fingerprint density at radius 1 is 1.00 bits per heavy atom. The maximum Gasteiger partial charge on any atom is 0.408 e. The molecule has 272 valence electrons. The molecular formula is C41H46N4O7. The number of hydrogen-bond donors (Lipinski definition) is 6. The van der Waals surface area contributed by atoms with E-state index in [1.807, 2.05) is 72.8 Å². The Kier molecular flexibility index (Phi) is 10.9. The van der Waals surface area contributed by atoms with Crippen molar-refractivity contribution in [2.24, 2.45) is 5.92 Å². The minimum atomic E-state index is -0.902. The minimum absolute atomic E-state index is 0.00820. The van der Waals surface area contributed by atoms with Crippen LogP contribution < -0.4 is 25.4 Å². The lowest BCUT2D eigenvalue weighted by atomic mass is 9.86. The number of benzene rings is 4. The summed E-state index contributed by atoms with van der Waals surface area (Å²) in [6, 6.07) is 26.3. The number of amides is 1. The lowest BCUT2D eigenvalue weighted by Crippen LogP contribution is -2.52. The van der Waals surface area contributed by atoms with Crippen LogP contribution in [0.15, 0.2) is 91.0 Å². The van der Waals surface area contributed by atoms with Gasteiger partial charge in [-0.3, -0.25) is 4.90 Å². The summed E-state index contributed by atoms with van der Waals surface area (Å²) < 4.78 is 17.9. The van der Waals surface area contributed by atoms with Gasteiger partial charge in [0.05, 0.1) is 24.9 Å². The third kappa shape index (κ3) is 8.18. The molecule has 0 aromatic heterocycles. The summed E-state index contributed by atoms with van der Waals surface area (Å²) >= 11 is 0. The van der Waals surface area contributed by atoms with Crippen LogP contribution in [-0.4, -0.2) is 71.9 Å². The fourth-order valence-corrected chi connectivity index (χ4v) is 7.40. The van der Waals surface area contributed by atoms with Gasteiger partial charge in [0, 0.05) is 30.8 Å². The second-order valence-electron chi connectivity index (χ2n) is 13.6. The Balaban J connectivity index is 0.968. The van der Waals surface area contributed by atoms with Crippen LogP contribution in [0.1, 0.15) is 58.4 Å². The molecule has 1 unspecified atom stereocenters. The van der Waals surface area contributed by atoms with E-state index in [-0.39, 0.29) is 18.4 Å². The van der Waals surface area contributed by atoms with Gasteiger partial charge in [0.2, 0.25) is 0 Å². The van der Waals surface area contributed by atoms with Gasteiger partial charge in [-0.2, -0.15) is 0 Å². The average Bonchev–Trinajstić information content (AvgIpc) is 3.17. The van der Waals surface area contributed by atoms with Gasteiger partial charge in [-0.25, -0.2) is 4.79 Å². The molecule has 0 aliphatic carbocycles. The number of hydrogen-bond acceptors (Lipinski definition) is 10. The number of aliphatic hydroxyl groups excluding tert-OH is 2. The average molecular weight is 707 g/mol. The highest BCUT2D eigenvalue weighted by atomic mass is 16.6. The predicted octanol–water partition coefficient (Wildman–Crippen LogP) is 5.47. The molecule has 11 heteroatoms. The molecule has 11 nitrogen and oxygen atoms in total. The Bertz CT molecular complexity index is 1880. The Hall–Kier alpha value is -5.07. The van der Waals surface area contributed by atoms with Crippen molar-refractivity contribution in [3.05, 3.63) is 124 Å². The van der Waals surface area contributed by atoms with Crippen LogP contribution in [0.2, 0.25) is 0 Å². The highest BCUT2D eigenvalue weighted by Gasteiger charge is 2.37. The Morgan fingerprint density at radius 2 is 1.81 bits per heavy atom. The predicted molar refractivity (Wildman–Crippen MR) is 198 cm³/mol. The number of ether oxygens (including phenoxy) is 3. The first kappa shape index (κ1) is 35.3. The summed E-state index contributed by atoms with van der Waals surface area (Å²) in [5, 5.41) is 40.3. The number of carbonyl (C=O) groups is 1. The van der Waals surface area contributed by atoms with Crippen molar-refractivity contribution in [3.8, 4) is 17.2 Å². The van der Waals surface area contributed by atoms with Crippen molar-refractivity contribution in [1.82, 2.24) is 15.5 Å². The quantitative estimate of drug-likeness (QED) is 0.0991. The smallest absolute Gasteiger partial charge is 0.408 e. The molecule has 4 aromatic carbocycles. The monoisotopic (exact) mass is 706 g/mol. The summed E-state index contributed by atoms with van der Waals surface area (Å²) in [4.78, 5) is 15.6. The lowest BCUT2D eigenvalue weighted by Gasteiger charge is -2.43. The standard InChI is InChI=1S/C41H46N4O7/c1-50-36-20-26(10-11-30(36)22-42-23-35(47)32-12-14-34(46)40-33(32)13-15-38(48)43-40)25-51-31-9-5-8-29(21-31)39(28-6-3-2-4-7-28)44-41(49)52-37-24-45-18-16-27(37)17-19-45/h2-15,20-21,27,35,37-39,42-43,46-48H,16-19,22-25H2,1H3,(H,44,49)/t35-,37-,38?,39-/m0/s1. The molecule has 2 bridgehead atoms. The van der Waals surface area contributed by atoms with Gasteiger partial charge < -0.3 is 45.5 Å². The molecule has 4 aliphatic heterocycles. The molecule has 3 saturated heterocycles. The number of aliphatic hydroxyl groups is 2. The third-order valence-corrected chi connectivity index (χ3v) is 10.2. The lowest BCUT2D eigenvalue weighted by molar-refractivity contribution is -0.0336. The number of alkyl carbamates (subject to hydrolysis) is 1. The third-order valence-electron chi connectivity index (χ3n) is 10.2. The molecule has 4 atom stereocenters. The number of phenols is 1. The van der Waals surface area contributed by atoms with Crippen molar-refractivity contribution in [1.29, 1.82) is 0 Å². The summed E-state index contributed by atoms with van der Waals surface area (Å²) in [7, 11) is 1.62. The van der Waals surface area contributed by atoms with Crippen molar-refractivity contribution in [2.45, 2.75) is 50.5 Å². The number of carbonyl (C=O) groups excluding carboxylic acids is 1. The van der Waals surface area contributed by atoms with Gasteiger partial charge in [0.1, 0.15) is 36.2 Å². The van der Waals surface area contributed by atoms with Gasteiger partial charge in [-0.05, 0) is 84.4 Å². The van der Waals surface area contributed by atoms with Crippen LogP contribution in [0.4, 0.5) is 10.5 Å². The van der Waals surface area contributed by atoms with E-state index in [1.165, 1.54) is 6.07 Å².